The van der Waals surface area contributed by atoms with Crippen molar-refractivity contribution in [2.24, 2.45) is 0 Å². The van der Waals surface area contributed by atoms with Crippen molar-refractivity contribution in [1.82, 2.24) is 4.90 Å². The first-order valence-corrected chi connectivity index (χ1v) is 9.16. The van der Waals surface area contributed by atoms with E-state index in [0.29, 0.717) is 22.4 Å². The number of carbonyl (C=O) groups is 1. The number of halogens is 2. The molecule has 0 aliphatic carbocycles. The summed E-state index contributed by atoms with van der Waals surface area (Å²) in [6, 6.07) is 3.85. The molecule has 0 N–H and O–H groups in total. The van der Waals surface area contributed by atoms with E-state index >= 15 is 0 Å². The number of hydrogen-bond acceptors (Lipinski definition) is 4. The molecule has 2 rings (SSSR count). The van der Waals surface area contributed by atoms with Gasteiger partial charge in [-0.2, -0.15) is 0 Å². The van der Waals surface area contributed by atoms with Gasteiger partial charge in [0.1, 0.15) is 10.1 Å². The molecule has 1 aromatic rings. The third-order valence-corrected chi connectivity index (χ3v) is 5.35. The van der Waals surface area contributed by atoms with Crippen LogP contribution in [0.1, 0.15) is 19.4 Å². The Bertz CT molecular complexity index is 608. The summed E-state index contributed by atoms with van der Waals surface area (Å²) in [4.78, 5) is 14.4. The zero-order valence-corrected chi connectivity index (χ0v) is 16.3. The largest absolute Gasteiger partial charge is 0.492 e. The van der Waals surface area contributed by atoms with Crippen LogP contribution in [-0.2, 0) is 4.79 Å². The van der Waals surface area contributed by atoms with E-state index in [-0.39, 0.29) is 5.91 Å². The van der Waals surface area contributed by atoms with E-state index in [0.717, 1.165) is 20.3 Å². The van der Waals surface area contributed by atoms with Crippen LogP contribution >= 0.6 is 55.8 Å². The van der Waals surface area contributed by atoms with Gasteiger partial charge in [0.15, 0.2) is 0 Å². The van der Waals surface area contributed by atoms with Crippen LogP contribution in [0.2, 0.25) is 0 Å². The fraction of sp³-hybridized carbons (Fsp3) is 0.286. The van der Waals surface area contributed by atoms with Gasteiger partial charge >= 0.3 is 0 Å². The van der Waals surface area contributed by atoms with Gasteiger partial charge in [-0.3, -0.25) is 9.69 Å². The number of likely N-dealkylation sites (N-methyl/N-ethyl adjacent to an activating group) is 1. The smallest absolute Gasteiger partial charge is 0.266 e. The Morgan fingerprint density at radius 1 is 1.33 bits per heavy atom. The van der Waals surface area contributed by atoms with Gasteiger partial charge in [0.05, 0.1) is 20.5 Å². The number of hydrogen-bond donors (Lipinski definition) is 0. The first-order chi connectivity index (χ1) is 9.97. The van der Waals surface area contributed by atoms with Crippen molar-refractivity contribution in [2.75, 3.05) is 13.2 Å². The minimum Gasteiger partial charge on any atom is -0.492 e. The highest BCUT2D eigenvalue weighted by atomic mass is 79.9. The summed E-state index contributed by atoms with van der Waals surface area (Å²) in [5, 5.41) is 0. The van der Waals surface area contributed by atoms with Crippen LogP contribution in [-0.4, -0.2) is 28.3 Å². The molecule has 3 nitrogen and oxygen atoms in total. The topological polar surface area (TPSA) is 29.5 Å². The molecule has 0 atom stereocenters. The minimum absolute atomic E-state index is 0.0337. The number of amides is 1. The lowest BCUT2D eigenvalue weighted by Crippen LogP contribution is -2.27. The summed E-state index contributed by atoms with van der Waals surface area (Å²) < 4.78 is 7.85. The molecule has 1 amide bonds. The maximum absolute atomic E-state index is 12.2. The second kappa shape index (κ2) is 7.26. The molecule has 7 heteroatoms. The molecule has 1 aromatic carbocycles. The quantitative estimate of drug-likeness (QED) is 0.485. The molecule has 0 aromatic heterocycles. The molecule has 21 heavy (non-hydrogen) atoms. The van der Waals surface area contributed by atoms with Crippen molar-refractivity contribution >= 4 is 72.1 Å². The predicted octanol–water partition coefficient (Wildman–Crippen LogP) is 4.83. The van der Waals surface area contributed by atoms with Crippen LogP contribution in [0.3, 0.4) is 0 Å². The first-order valence-electron chi connectivity index (χ1n) is 6.35. The molecule has 1 aliphatic heterocycles. The average Bonchev–Trinajstić information content (AvgIpc) is 2.68. The third-order valence-electron chi connectivity index (χ3n) is 2.80. The zero-order chi connectivity index (χ0) is 15.6. The van der Waals surface area contributed by atoms with Gasteiger partial charge in [-0.15, -0.1) is 0 Å². The Balaban J connectivity index is 2.34. The molecular weight excluding hydrogens is 438 g/mol. The van der Waals surface area contributed by atoms with E-state index in [4.69, 9.17) is 17.0 Å². The summed E-state index contributed by atoms with van der Waals surface area (Å²) in [5.41, 5.74) is 0.911. The van der Waals surface area contributed by atoms with Crippen LogP contribution in [0.4, 0.5) is 0 Å². The average molecular weight is 451 g/mol. The van der Waals surface area contributed by atoms with Crippen LogP contribution in [0.25, 0.3) is 6.08 Å². The second-order valence-corrected chi connectivity index (χ2v) is 7.56. The summed E-state index contributed by atoms with van der Waals surface area (Å²) >= 11 is 13.5. The molecule has 0 spiro atoms. The van der Waals surface area contributed by atoms with E-state index in [9.17, 15) is 4.79 Å². The Morgan fingerprint density at radius 2 is 1.95 bits per heavy atom. The van der Waals surface area contributed by atoms with Crippen molar-refractivity contribution in [1.29, 1.82) is 0 Å². The molecule has 0 unspecified atom stereocenters. The van der Waals surface area contributed by atoms with E-state index < -0.39 is 0 Å². The zero-order valence-electron chi connectivity index (χ0n) is 11.5. The molecule has 1 saturated heterocycles. The molecular formula is C14H13Br2NO2S2. The molecule has 0 bridgehead atoms. The number of rotatable bonds is 4. The number of ether oxygens (including phenoxy) is 1. The predicted molar refractivity (Wildman–Crippen MR) is 98.6 cm³/mol. The van der Waals surface area contributed by atoms with E-state index in [1.807, 2.05) is 32.1 Å². The number of nitrogens with zero attached hydrogens (tertiary/aromatic N) is 1. The van der Waals surface area contributed by atoms with Crippen molar-refractivity contribution in [3.05, 3.63) is 31.5 Å². The van der Waals surface area contributed by atoms with Crippen molar-refractivity contribution in [2.45, 2.75) is 13.8 Å². The lowest BCUT2D eigenvalue weighted by molar-refractivity contribution is -0.121. The highest BCUT2D eigenvalue weighted by Gasteiger charge is 2.30. The highest BCUT2D eigenvalue weighted by molar-refractivity contribution is 9.11. The Hall–Kier alpha value is -0.370. The maximum atomic E-state index is 12.2. The van der Waals surface area contributed by atoms with Gasteiger partial charge < -0.3 is 4.74 Å². The Morgan fingerprint density at radius 3 is 2.43 bits per heavy atom. The maximum Gasteiger partial charge on any atom is 0.266 e. The Kier molecular flexibility index (Phi) is 5.88. The van der Waals surface area contributed by atoms with Gasteiger partial charge in [0, 0.05) is 6.54 Å². The van der Waals surface area contributed by atoms with Gasteiger partial charge in [-0.05, 0) is 69.5 Å². The molecule has 1 heterocycles. The fourth-order valence-corrected chi connectivity index (χ4v) is 4.70. The normalized spacial score (nSPS) is 17.0. The molecule has 112 valence electrons. The lowest BCUT2D eigenvalue weighted by atomic mass is 10.2. The standard InChI is InChI=1S/C14H13Br2NO2S2/c1-3-17-13(18)11(21-14(17)20)7-8-5-9(15)12(19-4-2)10(16)6-8/h5-7H,3-4H2,1-2H3/b11-7-. The van der Waals surface area contributed by atoms with Crippen LogP contribution in [0.5, 0.6) is 5.75 Å². The molecule has 0 radical (unpaired) electrons. The van der Waals surface area contributed by atoms with E-state index in [1.54, 1.807) is 4.90 Å². The number of carbonyl (C=O) groups excluding carboxylic acids is 1. The molecule has 0 saturated carbocycles. The van der Waals surface area contributed by atoms with Crippen molar-refractivity contribution in [3.8, 4) is 5.75 Å². The van der Waals surface area contributed by atoms with Crippen LogP contribution in [0.15, 0.2) is 26.0 Å². The van der Waals surface area contributed by atoms with Crippen LogP contribution < -0.4 is 4.74 Å². The van der Waals surface area contributed by atoms with Gasteiger partial charge in [0.2, 0.25) is 0 Å². The summed E-state index contributed by atoms with van der Waals surface area (Å²) in [6.07, 6.45) is 1.85. The first kappa shape index (κ1) is 17.0. The number of benzene rings is 1. The monoisotopic (exact) mass is 449 g/mol. The highest BCUT2D eigenvalue weighted by Crippen LogP contribution is 2.37. The van der Waals surface area contributed by atoms with Gasteiger partial charge in [-0.25, -0.2) is 0 Å². The van der Waals surface area contributed by atoms with E-state index in [1.165, 1.54) is 11.8 Å². The van der Waals surface area contributed by atoms with E-state index in [2.05, 4.69) is 31.9 Å². The number of thiocarbonyl (C=S) groups is 1. The third kappa shape index (κ3) is 3.70. The second-order valence-electron chi connectivity index (χ2n) is 4.17. The number of thioether (sulfide) groups is 1. The van der Waals surface area contributed by atoms with Crippen LogP contribution in [0, 0.1) is 0 Å². The summed E-state index contributed by atoms with van der Waals surface area (Å²) in [5.74, 6) is 0.726. The van der Waals surface area contributed by atoms with Gasteiger partial charge in [0.25, 0.3) is 5.91 Å². The minimum atomic E-state index is -0.0337. The molecule has 1 aliphatic rings. The Labute approximate surface area is 150 Å². The lowest BCUT2D eigenvalue weighted by Gasteiger charge is -2.10. The fourth-order valence-electron chi connectivity index (χ4n) is 1.87. The SMILES string of the molecule is CCOc1c(Br)cc(/C=C2\SC(=S)N(CC)C2=O)cc1Br. The molecule has 1 fully saturated rings. The summed E-state index contributed by atoms with van der Waals surface area (Å²) in [6.45, 7) is 5.03. The van der Waals surface area contributed by atoms with Crippen molar-refractivity contribution < 1.29 is 9.53 Å². The summed E-state index contributed by atoms with van der Waals surface area (Å²) in [7, 11) is 0. The van der Waals surface area contributed by atoms with Gasteiger partial charge in [-0.1, -0.05) is 24.0 Å². The van der Waals surface area contributed by atoms with Crippen molar-refractivity contribution in [3.63, 3.8) is 0 Å².